The van der Waals surface area contributed by atoms with E-state index in [2.05, 4.69) is 18.2 Å². The molecule has 0 aromatic rings. The van der Waals surface area contributed by atoms with Crippen LogP contribution in [-0.2, 0) is 0 Å². The molecule has 0 aliphatic heterocycles. The molecule has 0 spiro atoms. The average Bonchev–Trinajstić information content (AvgIpc) is 3.03. The van der Waals surface area contributed by atoms with Gasteiger partial charge in [0.25, 0.3) is 0 Å². The van der Waals surface area contributed by atoms with Crippen molar-refractivity contribution in [2.24, 2.45) is 41.4 Å². The highest BCUT2D eigenvalue weighted by molar-refractivity contribution is 5.31. The van der Waals surface area contributed by atoms with Crippen LogP contribution >= 0.6 is 0 Å². The van der Waals surface area contributed by atoms with E-state index in [4.69, 9.17) is 0 Å². The molecular weight excluding hydrogens is 180 g/mol. The molecule has 0 amide bonds. The van der Waals surface area contributed by atoms with E-state index in [1.165, 1.54) is 19.3 Å². The summed E-state index contributed by atoms with van der Waals surface area (Å²) >= 11 is 0. The van der Waals surface area contributed by atoms with Crippen LogP contribution in [0.15, 0.2) is 23.8 Å². The first kappa shape index (κ1) is 7.70. The van der Waals surface area contributed by atoms with E-state index >= 15 is 0 Å². The molecular formula is C15H18. The molecule has 4 bridgehead atoms. The normalized spacial score (nSPS) is 62.4. The maximum atomic E-state index is 2.60. The molecule has 0 heterocycles. The van der Waals surface area contributed by atoms with E-state index in [0.29, 0.717) is 0 Å². The van der Waals surface area contributed by atoms with Gasteiger partial charge in [0.1, 0.15) is 0 Å². The van der Waals surface area contributed by atoms with Crippen LogP contribution in [0.4, 0.5) is 0 Å². The third-order valence-electron chi connectivity index (χ3n) is 6.37. The van der Waals surface area contributed by atoms with Gasteiger partial charge in [-0.25, -0.2) is 0 Å². The second kappa shape index (κ2) is 2.26. The van der Waals surface area contributed by atoms with E-state index in [-0.39, 0.29) is 0 Å². The minimum atomic E-state index is 1.01. The molecule has 7 unspecified atom stereocenters. The number of hydrogen-bond donors (Lipinski definition) is 0. The van der Waals surface area contributed by atoms with Crippen LogP contribution in [0.5, 0.6) is 0 Å². The molecule has 0 aromatic heterocycles. The smallest absolute Gasteiger partial charge is 0.0138 e. The van der Waals surface area contributed by atoms with Gasteiger partial charge in [0.15, 0.2) is 0 Å². The molecule has 78 valence electrons. The standard InChI is InChI=1S/C15H18/c1-2-10-11(3-1)13-7-12(10)14-8-4-5-9(6-8)15(13)14/h1-2,5,8,10-15H,3-4,6-7H2. The Bertz CT molecular complexity index is 389. The van der Waals surface area contributed by atoms with Gasteiger partial charge in [0, 0.05) is 0 Å². The van der Waals surface area contributed by atoms with Gasteiger partial charge in [-0.3, -0.25) is 0 Å². The van der Waals surface area contributed by atoms with Crippen molar-refractivity contribution in [2.45, 2.75) is 25.7 Å². The molecule has 5 rings (SSSR count). The van der Waals surface area contributed by atoms with Crippen LogP contribution < -0.4 is 0 Å². The second-order valence-corrected chi connectivity index (χ2v) is 6.55. The van der Waals surface area contributed by atoms with Gasteiger partial charge in [0.05, 0.1) is 0 Å². The number of fused-ring (bicyclic) bond motifs is 12. The zero-order valence-electron chi connectivity index (χ0n) is 9.10. The third-order valence-corrected chi connectivity index (χ3v) is 6.37. The van der Waals surface area contributed by atoms with Gasteiger partial charge in [0.2, 0.25) is 0 Å². The monoisotopic (exact) mass is 198 g/mol. The van der Waals surface area contributed by atoms with Gasteiger partial charge < -0.3 is 0 Å². The first-order chi connectivity index (χ1) is 7.43. The van der Waals surface area contributed by atoms with Crippen LogP contribution in [-0.4, -0.2) is 0 Å². The van der Waals surface area contributed by atoms with Gasteiger partial charge in [-0.15, -0.1) is 0 Å². The predicted octanol–water partition coefficient (Wildman–Crippen LogP) is 3.41. The lowest BCUT2D eigenvalue weighted by molar-refractivity contribution is 0.135. The summed E-state index contributed by atoms with van der Waals surface area (Å²) in [5, 5.41) is 0. The molecule has 0 saturated heterocycles. The highest BCUT2D eigenvalue weighted by atomic mass is 14.7. The zero-order valence-corrected chi connectivity index (χ0v) is 9.10. The Balaban J connectivity index is 1.65. The van der Waals surface area contributed by atoms with Crippen LogP contribution in [0.2, 0.25) is 0 Å². The highest BCUT2D eigenvalue weighted by Crippen LogP contribution is 2.70. The Labute approximate surface area is 91.4 Å². The van der Waals surface area contributed by atoms with Gasteiger partial charge in [-0.1, -0.05) is 23.8 Å². The van der Waals surface area contributed by atoms with Crippen molar-refractivity contribution in [3.8, 4) is 0 Å². The van der Waals surface area contributed by atoms with E-state index < -0.39 is 0 Å². The fourth-order valence-electron chi connectivity index (χ4n) is 6.14. The Morgan fingerprint density at radius 2 is 2.07 bits per heavy atom. The Kier molecular flexibility index (Phi) is 1.16. The molecule has 0 N–H and O–H groups in total. The lowest BCUT2D eigenvalue weighted by Gasteiger charge is -2.38. The first-order valence-corrected chi connectivity index (χ1v) is 6.79. The molecule has 5 aliphatic carbocycles. The van der Waals surface area contributed by atoms with Gasteiger partial charge >= 0.3 is 0 Å². The molecule has 0 radical (unpaired) electrons. The van der Waals surface area contributed by atoms with Crippen molar-refractivity contribution in [3.63, 3.8) is 0 Å². The van der Waals surface area contributed by atoms with Gasteiger partial charge in [-0.2, -0.15) is 0 Å². The Morgan fingerprint density at radius 1 is 1.07 bits per heavy atom. The van der Waals surface area contributed by atoms with Crippen molar-refractivity contribution < 1.29 is 0 Å². The lowest BCUT2D eigenvalue weighted by atomic mass is 9.66. The first-order valence-electron chi connectivity index (χ1n) is 6.79. The summed E-state index contributed by atoms with van der Waals surface area (Å²) in [5.41, 5.74) is 1.89. The number of rotatable bonds is 0. The summed E-state index contributed by atoms with van der Waals surface area (Å²) in [7, 11) is 0. The summed E-state index contributed by atoms with van der Waals surface area (Å²) in [6.45, 7) is 0. The van der Waals surface area contributed by atoms with Crippen LogP contribution in [0.25, 0.3) is 0 Å². The molecule has 0 nitrogen and oxygen atoms in total. The van der Waals surface area contributed by atoms with Crippen LogP contribution in [0, 0.1) is 41.4 Å². The second-order valence-electron chi connectivity index (χ2n) is 6.55. The maximum absolute atomic E-state index is 2.60. The summed E-state index contributed by atoms with van der Waals surface area (Å²) < 4.78 is 0. The third kappa shape index (κ3) is 0.697. The molecule has 7 atom stereocenters. The number of hydrogen-bond acceptors (Lipinski definition) is 0. The summed E-state index contributed by atoms with van der Waals surface area (Å²) in [4.78, 5) is 0. The molecule has 15 heavy (non-hydrogen) atoms. The largest absolute Gasteiger partial charge is 0.0879 e. The van der Waals surface area contributed by atoms with Crippen molar-refractivity contribution in [3.05, 3.63) is 23.8 Å². The minimum absolute atomic E-state index is 1.01. The summed E-state index contributed by atoms with van der Waals surface area (Å²) in [6, 6.07) is 0. The van der Waals surface area contributed by atoms with E-state index in [1.807, 2.05) is 5.57 Å². The molecule has 3 saturated carbocycles. The molecule has 0 heteroatoms. The molecule has 0 aromatic carbocycles. The summed E-state index contributed by atoms with van der Waals surface area (Å²) in [6.07, 6.45) is 13.6. The zero-order chi connectivity index (χ0) is 9.57. The summed E-state index contributed by atoms with van der Waals surface area (Å²) in [5.74, 6) is 7.54. The Morgan fingerprint density at radius 3 is 3.07 bits per heavy atom. The van der Waals surface area contributed by atoms with E-state index in [9.17, 15) is 0 Å². The topological polar surface area (TPSA) is 0 Å². The van der Waals surface area contributed by atoms with Gasteiger partial charge in [-0.05, 0) is 67.1 Å². The molecule has 3 fully saturated rings. The van der Waals surface area contributed by atoms with Crippen LogP contribution in [0.1, 0.15) is 25.7 Å². The number of allylic oxidation sites excluding steroid dienone is 4. The van der Waals surface area contributed by atoms with Crippen molar-refractivity contribution >= 4 is 0 Å². The fraction of sp³-hybridized carbons (Fsp3) is 0.733. The van der Waals surface area contributed by atoms with E-state index in [1.54, 1.807) is 6.42 Å². The quantitative estimate of drug-likeness (QED) is 0.413. The average molecular weight is 198 g/mol. The fourth-order valence-corrected chi connectivity index (χ4v) is 6.14. The van der Waals surface area contributed by atoms with E-state index in [0.717, 1.165) is 41.4 Å². The van der Waals surface area contributed by atoms with Crippen molar-refractivity contribution in [2.75, 3.05) is 0 Å². The van der Waals surface area contributed by atoms with Crippen LogP contribution in [0.3, 0.4) is 0 Å². The SMILES string of the molecule is C1=CC2C(C1)C1CC2C2C3CC=C(C3)C12. The highest BCUT2D eigenvalue weighted by Gasteiger charge is 2.63. The Hall–Kier alpha value is -0.520. The predicted molar refractivity (Wildman–Crippen MR) is 60.1 cm³/mol. The molecule has 5 aliphatic rings. The maximum Gasteiger partial charge on any atom is -0.0138 e. The van der Waals surface area contributed by atoms with Crippen molar-refractivity contribution in [1.29, 1.82) is 0 Å². The lowest BCUT2D eigenvalue weighted by Crippen LogP contribution is -2.33. The minimum Gasteiger partial charge on any atom is -0.0879 e. The van der Waals surface area contributed by atoms with Crippen molar-refractivity contribution in [1.82, 2.24) is 0 Å².